The first kappa shape index (κ1) is 14.9. The number of rotatable bonds is 4. The van der Waals surface area contributed by atoms with Crippen molar-refractivity contribution in [1.82, 2.24) is 10.2 Å². The van der Waals surface area contributed by atoms with Crippen LogP contribution in [0.1, 0.15) is 30.9 Å². The predicted octanol–water partition coefficient (Wildman–Crippen LogP) is 2.03. The quantitative estimate of drug-likeness (QED) is 0.913. The van der Waals surface area contributed by atoms with Crippen LogP contribution in [0.5, 0.6) is 0 Å². The van der Waals surface area contributed by atoms with Gasteiger partial charge in [-0.05, 0) is 31.5 Å². The fourth-order valence-corrected chi connectivity index (χ4v) is 2.82. The van der Waals surface area contributed by atoms with Crippen LogP contribution in [0.25, 0.3) is 0 Å². The van der Waals surface area contributed by atoms with Crippen molar-refractivity contribution < 1.29 is 4.79 Å². The largest absolute Gasteiger partial charge is 0.371 e. The zero-order chi connectivity index (χ0) is 14.5. The molecule has 1 unspecified atom stereocenters. The summed E-state index contributed by atoms with van der Waals surface area (Å²) in [5.74, 6) is 0.192. The summed E-state index contributed by atoms with van der Waals surface area (Å²) in [6, 6.07) is 8.96. The van der Waals surface area contributed by atoms with Gasteiger partial charge in [-0.3, -0.25) is 4.79 Å². The molecule has 0 bridgehead atoms. The number of amides is 1. The van der Waals surface area contributed by atoms with Crippen molar-refractivity contribution in [2.45, 2.75) is 25.3 Å². The van der Waals surface area contributed by atoms with E-state index in [1.807, 2.05) is 21.1 Å². The second-order valence-corrected chi connectivity index (χ2v) is 5.57. The van der Waals surface area contributed by atoms with E-state index in [1.54, 1.807) is 4.90 Å². The fourth-order valence-electron chi connectivity index (χ4n) is 2.82. The summed E-state index contributed by atoms with van der Waals surface area (Å²) in [7, 11) is 5.65. The first-order valence-corrected chi connectivity index (χ1v) is 7.34. The van der Waals surface area contributed by atoms with Crippen LogP contribution in [0.4, 0.5) is 5.69 Å². The average molecular weight is 275 g/mol. The second-order valence-electron chi connectivity index (χ2n) is 5.57. The molecule has 1 amide bonds. The summed E-state index contributed by atoms with van der Waals surface area (Å²) in [6.07, 6.45) is 2.87. The topological polar surface area (TPSA) is 35.6 Å². The molecule has 4 nitrogen and oxygen atoms in total. The van der Waals surface area contributed by atoms with Crippen LogP contribution in [-0.2, 0) is 4.79 Å². The molecule has 0 aliphatic carbocycles. The van der Waals surface area contributed by atoms with Gasteiger partial charge in [0.05, 0.1) is 0 Å². The van der Waals surface area contributed by atoms with E-state index in [4.69, 9.17) is 0 Å². The molecule has 1 aliphatic heterocycles. The third kappa shape index (κ3) is 3.31. The predicted molar refractivity (Wildman–Crippen MR) is 83.0 cm³/mol. The molecule has 1 atom stereocenters. The number of hydrogen-bond acceptors (Lipinski definition) is 3. The highest BCUT2D eigenvalue weighted by Gasteiger charge is 2.21. The lowest BCUT2D eigenvalue weighted by atomic mass is 10.0. The Bertz CT molecular complexity index is 459. The van der Waals surface area contributed by atoms with Gasteiger partial charge in [-0.1, -0.05) is 18.2 Å². The smallest absolute Gasteiger partial charge is 0.223 e. The number of nitrogens with zero attached hydrogens (tertiary/aromatic N) is 2. The van der Waals surface area contributed by atoms with Gasteiger partial charge >= 0.3 is 0 Å². The minimum Gasteiger partial charge on any atom is -0.371 e. The van der Waals surface area contributed by atoms with Gasteiger partial charge in [-0.25, -0.2) is 0 Å². The van der Waals surface area contributed by atoms with E-state index in [2.05, 4.69) is 34.5 Å². The zero-order valence-corrected chi connectivity index (χ0v) is 12.7. The number of carbonyl (C=O) groups excluding carboxylic acids is 1. The van der Waals surface area contributed by atoms with Crippen LogP contribution in [0.3, 0.4) is 0 Å². The van der Waals surface area contributed by atoms with Gasteiger partial charge in [-0.2, -0.15) is 0 Å². The van der Waals surface area contributed by atoms with Crippen LogP contribution in [0.15, 0.2) is 24.3 Å². The zero-order valence-electron chi connectivity index (χ0n) is 12.7. The van der Waals surface area contributed by atoms with Gasteiger partial charge in [0.25, 0.3) is 0 Å². The molecule has 0 spiro atoms. The summed E-state index contributed by atoms with van der Waals surface area (Å²) in [6.45, 7) is 1.82. The first-order chi connectivity index (χ1) is 9.63. The molecule has 0 radical (unpaired) electrons. The van der Waals surface area contributed by atoms with E-state index in [0.717, 1.165) is 25.9 Å². The van der Waals surface area contributed by atoms with Gasteiger partial charge in [0.1, 0.15) is 0 Å². The normalized spacial score (nSPS) is 18.4. The summed E-state index contributed by atoms with van der Waals surface area (Å²) in [4.78, 5) is 15.8. The number of hydrogen-bond donors (Lipinski definition) is 1. The van der Waals surface area contributed by atoms with Crippen molar-refractivity contribution in [3.63, 3.8) is 0 Å². The molecule has 0 saturated heterocycles. The maximum atomic E-state index is 11.8. The molecule has 20 heavy (non-hydrogen) atoms. The molecule has 1 heterocycles. The van der Waals surface area contributed by atoms with Crippen LogP contribution in [0.2, 0.25) is 0 Å². The van der Waals surface area contributed by atoms with E-state index in [0.29, 0.717) is 12.5 Å². The SMILES string of the molecule is CNC1CCCN(CCC(=O)N(C)C)c2ccccc21. The number of para-hydroxylation sites is 1. The number of fused-ring (bicyclic) bond motifs is 1. The third-order valence-electron chi connectivity index (χ3n) is 4.02. The van der Waals surface area contributed by atoms with Gasteiger partial charge in [0.2, 0.25) is 5.91 Å². The Hall–Kier alpha value is -1.55. The molecule has 0 fully saturated rings. The highest BCUT2D eigenvalue weighted by Crippen LogP contribution is 2.32. The van der Waals surface area contributed by atoms with Crippen molar-refractivity contribution >= 4 is 11.6 Å². The molecule has 0 aromatic heterocycles. The Morgan fingerprint density at radius 3 is 2.85 bits per heavy atom. The second kappa shape index (κ2) is 6.75. The van der Waals surface area contributed by atoms with Crippen LogP contribution in [-0.4, -0.2) is 45.0 Å². The standard InChI is InChI=1S/C16H25N3O/c1-17-14-8-6-11-19(12-10-16(20)18(2)3)15-9-5-4-7-13(14)15/h4-5,7,9,14,17H,6,8,10-12H2,1-3H3. The van der Waals surface area contributed by atoms with E-state index < -0.39 is 0 Å². The van der Waals surface area contributed by atoms with E-state index in [1.165, 1.54) is 11.3 Å². The van der Waals surface area contributed by atoms with Crippen molar-refractivity contribution in [3.8, 4) is 0 Å². The molecule has 110 valence electrons. The molecule has 0 saturated carbocycles. The number of nitrogens with one attached hydrogen (secondary N) is 1. The van der Waals surface area contributed by atoms with Crippen molar-refractivity contribution in [2.75, 3.05) is 39.1 Å². The molecule has 1 aromatic rings. The maximum absolute atomic E-state index is 11.8. The minimum atomic E-state index is 0.192. The molecule has 1 aliphatic rings. The van der Waals surface area contributed by atoms with Gasteiger partial charge < -0.3 is 15.1 Å². The van der Waals surface area contributed by atoms with Crippen LogP contribution in [0, 0.1) is 0 Å². The van der Waals surface area contributed by atoms with Gasteiger partial charge in [-0.15, -0.1) is 0 Å². The molecule has 1 aromatic carbocycles. The highest BCUT2D eigenvalue weighted by atomic mass is 16.2. The summed E-state index contributed by atoms with van der Waals surface area (Å²) in [5.41, 5.74) is 2.63. The fraction of sp³-hybridized carbons (Fsp3) is 0.562. The summed E-state index contributed by atoms with van der Waals surface area (Å²) in [5, 5.41) is 3.40. The van der Waals surface area contributed by atoms with Crippen molar-refractivity contribution in [1.29, 1.82) is 0 Å². The Morgan fingerprint density at radius 2 is 2.15 bits per heavy atom. The number of anilines is 1. The van der Waals surface area contributed by atoms with E-state index in [9.17, 15) is 4.79 Å². The molecule has 4 heteroatoms. The Labute approximate surface area is 121 Å². The van der Waals surface area contributed by atoms with Gasteiger partial charge in [0.15, 0.2) is 0 Å². The lowest BCUT2D eigenvalue weighted by Crippen LogP contribution is -2.31. The summed E-state index contributed by atoms with van der Waals surface area (Å²) < 4.78 is 0. The number of carbonyl (C=O) groups is 1. The highest BCUT2D eigenvalue weighted by molar-refractivity contribution is 5.76. The maximum Gasteiger partial charge on any atom is 0.223 e. The average Bonchev–Trinajstić information content (AvgIpc) is 2.63. The monoisotopic (exact) mass is 275 g/mol. The van der Waals surface area contributed by atoms with Crippen molar-refractivity contribution in [3.05, 3.63) is 29.8 Å². The van der Waals surface area contributed by atoms with E-state index in [-0.39, 0.29) is 5.91 Å². The lowest BCUT2D eigenvalue weighted by molar-refractivity contribution is -0.128. The summed E-state index contributed by atoms with van der Waals surface area (Å²) >= 11 is 0. The molecule has 2 rings (SSSR count). The van der Waals surface area contributed by atoms with Crippen LogP contribution >= 0.6 is 0 Å². The Kier molecular flexibility index (Phi) is 5.01. The molecular formula is C16H25N3O. The van der Waals surface area contributed by atoms with Crippen LogP contribution < -0.4 is 10.2 Å². The first-order valence-electron chi connectivity index (χ1n) is 7.34. The van der Waals surface area contributed by atoms with Gasteiger partial charge in [0, 0.05) is 45.3 Å². The minimum absolute atomic E-state index is 0.192. The third-order valence-corrected chi connectivity index (χ3v) is 4.02. The Morgan fingerprint density at radius 1 is 1.40 bits per heavy atom. The van der Waals surface area contributed by atoms with E-state index >= 15 is 0 Å². The Balaban J connectivity index is 2.15. The lowest BCUT2D eigenvalue weighted by Gasteiger charge is -2.26. The molecular weight excluding hydrogens is 250 g/mol. The number of benzene rings is 1. The van der Waals surface area contributed by atoms with Crippen molar-refractivity contribution in [2.24, 2.45) is 0 Å². The molecule has 1 N–H and O–H groups in total.